The largest absolute Gasteiger partial charge is 0.388 e. The van der Waals surface area contributed by atoms with Crippen LogP contribution in [0, 0.1) is 5.92 Å². The van der Waals surface area contributed by atoms with Crippen molar-refractivity contribution >= 4 is 11.3 Å². The van der Waals surface area contributed by atoms with Crippen LogP contribution in [-0.2, 0) is 6.42 Å². The van der Waals surface area contributed by atoms with Crippen LogP contribution < -0.4 is 0 Å². The predicted octanol–water partition coefficient (Wildman–Crippen LogP) is 2.75. The maximum Gasteiger partial charge on any atom is 0.0854 e. The first-order chi connectivity index (χ1) is 5.75. The van der Waals surface area contributed by atoms with Gasteiger partial charge < -0.3 is 5.11 Å². The lowest BCUT2D eigenvalue weighted by molar-refractivity contribution is 0.203. The molecule has 0 radical (unpaired) electrons. The Kier molecular flexibility index (Phi) is 2.20. The number of hydrogen-bond acceptors (Lipinski definition) is 2. The van der Waals surface area contributed by atoms with Gasteiger partial charge in [-0.05, 0) is 44.2 Å². The van der Waals surface area contributed by atoms with Crippen molar-refractivity contribution in [1.82, 2.24) is 0 Å². The Hall–Kier alpha value is -0.340. The van der Waals surface area contributed by atoms with Crippen molar-refractivity contribution in [1.29, 1.82) is 0 Å². The molecule has 0 spiro atoms. The average Bonchev–Trinajstić information content (AvgIpc) is 2.66. The fourth-order valence-corrected chi connectivity index (χ4v) is 2.40. The molecule has 1 heterocycles. The molecule has 1 fully saturated rings. The smallest absolute Gasteiger partial charge is 0.0854 e. The van der Waals surface area contributed by atoms with Gasteiger partial charge in [-0.1, -0.05) is 0 Å². The van der Waals surface area contributed by atoms with E-state index in [4.69, 9.17) is 0 Å². The summed E-state index contributed by atoms with van der Waals surface area (Å²) in [6.45, 7) is 1.83. The Labute approximate surface area is 77.0 Å². The van der Waals surface area contributed by atoms with E-state index < -0.39 is 0 Å². The zero-order valence-electron chi connectivity index (χ0n) is 7.29. The van der Waals surface area contributed by atoms with Crippen LogP contribution in [0.25, 0.3) is 0 Å². The summed E-state index contributed by atoms with van der Waals surface area (Å²) in [5.41, 5.74) is 0. The second-order valence-corrected chi connectivity index (χ2v) is 4.83. The van der Waals surface area contributed by atoms with E-state index in [0.717, 1.165) is 10.8 Å². The lowest BCUT2D eigenvalue weighted by Gasteiger charge is -1.97. The van der Waals surface area contributed by atoms with Crippen LogP contribution in [-0.4, -0.2) is 5.11 Å². The first kappa shape index (κ1) is 8.27. The van der Waals surface area contributed by atoms with Gasteiger partial charge in [0.1, 0.15) is 0 Å². The highest BCUT2D eigenvalue weighted by Gasteiger charge is 2.22. The van der Waals surface area contributed by atoms with Gasteiger partial charge in [-0.25, -0.2) is 0 Å². The zero-order valence-corrected chi connectivity index (χ0v) is 8.10. The molecule has 66 valence electrons. The van der Waals surface area contributed by atoms with Gasteiger partial charge in [-0.2, -0.15) is 0 Å². The van der Waals surface area contributed by atoms with Crippen LogP contribution in [0.3, 0.4) is 0 Å². The molecule has 1 aliphatic rings. The summed E-state index contributed by atoms with van der Waals surface area (Å²) < 4.78 is 0. The maximum absolute atomic E-state index is 9.30. The first-order valence-electron chi connectivity index (χ1n) is 4.52. The Morgan fingerprint density at radius 3 is 2.83 bits per heavy atom. The van der Waals surface area contributed by atoms with Crippen molar-refractivity contribution in [2.45, 2.75) is 32.3 Å². The Bertz CT molecular complexity index is 261. The second kappa shape index (κ2) is 3.19. The van der Waals surface area contributed by atoms with Crippen LogP contribution in [0.2, 0.25) is 0 Å². The lowest BCUT2D eigenvalue weighted by atomic mass is 10.2. The fraction of sp³-hybridized carbons (Fsp3) is 0.600. The van der Waals surface area contributed by atoms with Gasteiger partial charge in [0, 0.05) is 9.75 Å². The van der Waals surface area contributed by atoms with Gasteiger partial charge in [0.25, 0.3) is 0 Å². The SMILES string of the molecule is CC(O)c1ccc(CC2CC2)s1. The lowest BCUT2D eigenvalue weighted by Crippen LogP contribution is -1.83. The maximum atomic E-state index is 9.30. The van der Waals surface area contributed by atoms with E-state index in [1.165, 1.54) is 24.1 Å². The predicted molar refractivity (Wildman–Crippen MR) is 51.4 cm³/mol. The summed E-state index contributed by atoms with van der Waals surface area (Å²) in [6, 6.07) is 4.21. The number of thiophene rings is 1. The molecule has 1 atom stereocenters. The number of aliphatic hydroxyl groups is 1. The minimum atomic E-state index is -0.289. The topological polar surface area (TPSA) is 20.2 Å². The van der Waals surface area contributed by atoms with Crippen LogP contribution in [0.1, 0.15) is 35.6 Å². The molecule has 2 rings (SSSR count). The molecule has 1 aromatic rings. The van der Waals surface area contributed by atoms with Crippen molar-refractivity contribution in [3.63, 3.8) is 0 Å². The Balaban J connectivity index is 2.02. The molecule has 12 heavy (non-hydrogen) atoms. The zero-order chi connectivity index (χ0) is 8.55. The molecule has 1 nitrogen and oxygen atoms in total. The molecule has 0 saturated heterocycles. The standard InChI is InChI=1S/C10H14OS/c1-7(11)10-5-4-9(12-10)6-8-2-3-8/h4-5,7-8,11H,2-3,6H2,1H3. The van der Waals surface area contributed by atoms with Crippen molar-refractivity contribution in [2.75, 3.05) is 0 Å². The molecule has 0 aromatic carbocycles. The third-order valence-electron chi connectivity index (χ3n) is 2.28. The molecule has 0 aliphatic heterocycles. The van der Waals surface area contributed by atoms with Crippen LogP contribution >= 0.6 is 11.3 Å². The minimum absolute atomic E-state index is 0.289. The van der Waals surface area contributed by atoms with E-state index in [2.05, 4.69) is 6.07 Å². The highest BCUT2D eigenvalue weighted by Crippen LogP contribution is 2.35. The van der Waals surface area contributed by atoms with Gasteiger partial charge in [-0.15, -0.1) is 11.3 Å². The van der Waals surface area contributed by atoms with Gasteiger partial charge in [0.15, 0.2) is 0 Å². The molecule has 1 unspecified atom stereocenters. The van der Waals surface area contributed by atoms with Gasteiger partial charge in [0.05, 0.1) is 6.10 Å². The summed E-state index contributed by atoms with van der Waals surface area (Å²) in [5, 5.41) is 9.30. The summed E-state index contributed by atoms with van der Waals surface area (Å²) >= 11 is 1.76. The van der Waals surface area contributed by atoms with Crippen molar-refractivity contribution < 1.29 is 5.11 Å². The molecular formula is C10H14OS. The van der Waals surface area contributed by atoms with Gasteiger partial charge in [-0.3, -0.25) is 0 Å². The monoisotopic (exact) mass is 182 g/mol. The molecule has 1 saturated carbocycles. The molecular weight excluding hydrogens is 168 g/mol. The molecule has 0 bridgehead atoms. The van der Waals surface area contributed by atoms with Crippen molar-refractivity contribution in [2.24, 2.45) is 5.92 Å². The molecule has 2 heteroatoms. The van der Waals surface area contributed by atoms with Crippen LogP contribution in [0.5, 0.6) is 0 Å². The number of hydrogen-bond donors (Lipinski definition) is 1. The van der Waals surface area contributed by atoms with Crippen molar-refractivity contribution in [3.05, 3.63) is 21.9 Å². The summed E-state index contributed by atoms with van der Waals surface area (Å²) in [4.78, 5) is 2.54. The van der Waals surface area contributed by atoms with Crippen LogP contribution in [0.15, 0.2) is 12.1 Å². The van der Waals surface area contributed by atoms with Gasteiger partial charge in [0.2, 0.25) is 0 Å². The summed E-state index contributed by atoms with van der Waals surface area (Å²) in [5.74, 6) is 0.950. The third kappa shape index (κ3) is 1.87. The minimum Gasteiger partial charge on any atom is -0.388 e. The van der Waals surface area contributed by atoms with E-state index in [1.54, 1.807) is 11.3 Å². The van der Waals surface area contributed by atoms with E-state index in [1.807, 2.05) is 13.0 Å². The quantitative estimate of drug-likeness (QED) is 0.762. The normalized spacial score (nSPS) is 19.5. The molecule has 1 aliphatic carbocycles. The van der Waals surface area contributed by atoms with E-state index in [-0.39, 0.29) is 6.10 Å². The summed E-state index contributed by atoms with van der Waals surface area (Å²) in [7, 11) is 0. The fourth-order valence-electron chi connectivity index (χ4n) is 1.34. The van der Waals surface area contributed by atoms with E-state index in [0.29, 0.717) is 0 Å². The van der Waals surface area contributed by atoms with E-state index in [9.17, 15) is 5.11 Å². The number of aliphatic hydroxyl groups excluding tert-OH is 1. The average molecular weight is 182 g/mol. The first-order valence-corrected chi connectivity index (χ1v) is 5.34. The highest BCUT2D eigenvalue weighted by atomic mass is 32.1. The van der Waals surface area contributed by atoms with E-state index >= 15 is 0 Å². The molecule has 0 amide bonds. The van der Waals surface area contributed by atoms with Crippen molar-refractivity contribution in [3.8, 4) is 0 Å². The molecule has 1 N–H and O–H groups in total. The van der Waals surface area contributed by atoms with Crippen LogP contribution in [0.4, 0.5) is 0 Å². The van der Waals surface area contributed by atoms with Gasteiger partial charge >= 0.3 is 0 Å². The number of rotatable bonds is 3. The summed E-state index contributed by atoms with van der Waals surface area (Å²) in [6.07, 6.45) is 3.75. The highest BCUT2D eigenvalue weighted by molar-refractivity contribution is 7.12. The Morgan fingerprint density at radius 1 is 1.58 bits per heavy atom. The Morgan fingerprint density at radius 2 is 2.33 bits per heavy atom. The molecule has 1 aromatic heterocycles. The second-order valence-electron chi connectivity index (χ2n) is 3.63. The third-order valence-corrected chi connectivity index (χ3v) is 3.56.